The van der Waals surface area contributed by atoms with E-state index in [1.807, 2.05) is 12.3 Å². The number of aromatic nitrogens is 3. The third kappa shape index (κ3) is 4.65. The van der Waals surface area contributed by atoms with Gasteiger partial charge < -0.3 is 24.8 Å². The Bertz CT molecular complexity index is 1480. The first-order chi connectivity index (χ1) is 19.8. The number of anilines is 3. The van der Waals surface area contributed by atoms with Crippen LogP contribution in [0.3, 0.4) is 0 Å². The zero-order chi connectivity index (χ0) is 28.4. The van der Waals surface area contributed by atoms with Crippen LogP contribution >= 0.6 is 23.4 Å². The molecule has 1 spiro atoms. The summed E-state index contributed by atoms with van der Waals surface area (Å²) in [5, 5.41) is 1.21. The number of halogens is 1. The van der Waals surface area contributed by atoms with Crippen molar-refractivity contribution in [3.8, 4) is 0 Å². The molecule has 0 amide bonds. The lowest BCUT2D eigenvalue weighted by Gasteiger charge is -2.46. The molecule has 1 aliphatic carbocycles. The average Bonchev–Trinajstić information content (AvgIpc) is 3.27. The van der Waals surface area contributed by atoms with Crippen LogP contribution in [0.25, 0.3) is 0 Å². The summed E-state index contributed by atoms with van der Waals surface area (Å²) < 4.78 is 21.8. The van der Waals surface area contributed by atoms with E-state index in [-0.39, 0.29) is 11.5 Å². The fraction of sp³-hybridized carbons (Fsp3) is 0.483. The van der Waals surface area contributed by atoms with Crippen molar-refractivity contribution in [3.05, 3.63) is 58.4 Å². The fourth-order valence-corrected chi connectivity index (χ4v) is 9.19. The van der Waals surface area contributed by atoms with Crippen molar-refractivity contribution < 1.29 is 9.29 Å². The molecule has 4 aliphatic rings. The minimum atomic E-state index is -1.14. The van der Waals surface area contributed by atoms with Gasteiger partial charge in [0.1, 0.15) is 16.7 Å². The van der Waals surface area contributed by atoms with Gasteiger partial charge in [0.15, 0.2) is 10.6 Å². The molecule has 2 fully saturated rings. The number of hydrogen-bond acceptors (Lipinski definition) is 10. The SMILES string of the molecule is CC1(C)c2cccc3c2[C@@H](N[S+]1[O-])C1(CCN(c2cnc(Sc4ccnc(N5CCOCC5)c4Cl)c(N)n2)CC1)C3. The van der Waals surface area contributed by atoms with Gasteiger partial charge >= 0.3 is 0 Å². The van der Waals surface area contributed by atoms with Crippen molar-refractivity contribution in [1.29, 1.82) is 0 Å². The van der Waals surface area contributed by atoms with E-state index in [2.05, 4.69) is 51.6 Å². The molecule has 41 heavy (non-hydrogen) atoms. The van der Waals surface area contributed by atoms with Gasteiger partial charge in [-0.1, -0.05) is 41.6 Å². The predicted molar refractivity (Wildman–Crippen MR) is 164 cm³/mol. The molecule has 12 heteroatoms. The Labute approximate surface area is 252 Å². The summed E-state index contributed by atoms with van der Waals surface area (Å²) in [6.45, 7) is 8.68. The van der Waals surface area contributed by atoms with Crippen LogP contribution in [0.2, 0.25) is 5.02 Å². The van der Waals surface area contributed by atoms with E-state index < -0.39 is 16.1 Å². The number of ether oxygens (including phenoxy) is 1. The Kier molecular flexibility index (Phi) is 7.03. The quantitative estimate of drug-likeness (QED) is 0.409. The van der Waals surface area contributed by atoms with Gasteiger partial charge in [0.2, 0.25) is 0 Å². The summed E-state index contributed by atoms with van der Waals surface area (Å²) in [5.41, 5.74) is 10.5. The highest BCUT2D eigenvalue weighted by molar-refractivity contribution is 7.99. The maximum absolute atomic E-state index is 13.2. The van der Waals surface area contributed by atoms with E-state index >= 15 is 0 Å². The molecule has 2 atom stereocenters. The minimum absolute atomic E-state index is 0.0478. The molecule has 2 saturated heterocycles. The molecule has 0 saturated carbocycles. The fourth-order valence-electron chi connectivity index (χ4n) is 6.81. The first kappa shape index (κ1) is 27.5. The predicted octanol–water partition coefficient (Wildman–Crippen LogP) is 4.48. The summed E-state index contributed by atoms with van der Waals surface area (Å²) in [6.07, 6.45) is 6.55. The van der Waals surface area contributed by atoms with Crippen molar-refractivity contribution in [1.82, 2.24) is 19.7 Å². The second-order valence-electron chi connectivity index (χ2n) is 11.8. The molecular weight excluding hydrogens is 578 g/mol. The zero-order valence-electron chi connectivity index (χ0n) is 23.2. The molecule has 2 aromatic heterocycles. The zero-order valence-corrected chi connectivity index (χ0v) is 25.6. The van der Waals surface area contributed by atoms with Crippen molar-refractivity contribution in [2.45, 2.75) is 53.8 Å². The second kappa shape index (κ2) is 10.5. The van der Waals surface area contributed by atoms with Crippen LogP contribution < -0.4 is 20.3 Å². The molecule has 5 heterocycles. The standard InChI is InChI=1S/C29H34ClN7O2S2/c1-28(2)19-5-3-4-18-16-29(24(22(18)19)35-41(28)38)7-10-36(11-8-29)21-17-33-27(25(31)34-21)40-20-6-9-32-26(23(20)30)37-12-14-39-15-13-37/h3-6,9,17,24,35H,7-8,10-16H2,1-2H3,(H2,31,34)/t24-,41?/m1/s1. The summed E-state index contributed by atoms with van der Waals surface area (Å²) >= 11 is 7.04. The Morgan fingerprint density at radius 2 is 1.90 bits per heavy atom. The minimum Gasteiger partial charge on any atom is -0.597 e. The summed E-state index contributed by atoms with van der Waals surface area (Å²) in [7, 11) is 0. The van der Waals surface area contributed by atoms with Gasteiger partial charge in [0.05, 0.1) is 30.5 Å². The molecule has 0 radical (unpaired) electrons. The summed E-state index contributed by atoms with van der Waals surface area (Å²) in [4.78, 5) is 19.2. The topological polar surface area (TPSA) is 115 Å². The Balaban J connectivity index is 1.06. The van der Waals surface area contributed by atoms with Gasteiger partial charge in [-0.25, -0.2) is 15.0 Å². The molecule has 7 rings (SSSR count). The molecule has 3 N–H and O–H groups in total. The second-order valence-corrected chi connectivity index (χ2v) is 15.0. The van der Waals surface area contributed by atoms with E-state index in [1.54, 1.807) is 6.20 Å². The number of fused-ring (bicyclic) bond motifs is 1. The van der Waals surface area contributed by atoms with Gasteiger partial charge in [-0.2, -0.15) is 0 Å². The number of nitrogens with zero attached hydrogens (tertiary/aromatic N) is 5. The first-order valence-electron chi connectivity index (χ1n) is 14.1. The smallest absolute Gasteiger partial charge is 0.164 e. The number of nitrogens with two attached hydrogens (primary N) is 1. The molecule has 3 aliphatic heterocycles. The van der Waals surface area contributed by atoms with Gasteiger partial charge in [-0.15, -0.1) is 4.72 Å². The third-order valence-corrected chi connectivity index (χ3v) is 12.3. The maximum Gasteiger partial charge on any atom is 0.164 e. The molecule has 216 valence electrons. The van der Waals surface area contributed by atoms with Gasteiger partial charge in [0, 0.05) is 59.6 Å². The molecule has 0 bridgehead atoms. The number of morpholine rings is 1. The molecule has 3 aromatic rings. The number of piperidine rings is 1. The monoisotopic (exact) mass is 611 g/mol. The number of rotatable bonds is 4. The van der Waals surface area contributed by atoms with Crippen LogP contribution in [0.4, 0.5) is 17.5 Å². The lowest BCUT2D eigenvalue weighted by Crippen LogP contribution is -2.52. The van der Waals surface area contributed by atoms with Gasteiger partial charge in [0.25, 0.3) is 0 Å². The number of pyridine rings is 1. The highest BCUT2D eigenvalue weighted by atomic mass is 35.5. The Morgan fingerprint density at radius 1 is 1.12 bits per heavy atom. The third-order valence-electron chi connectivity index (χ3n) is 9.16. The average molecular weight is 612 g/mol. The van der Waals surface area contributed by atoms with Crippen LogP contribution in [-0.2, 0) is 27.3 Å². The van der Waals surface area contributed by atoms with Crippen molar-refractivity contribution in [3.63, 3.8) is 0 Å². The number of hydrogen-bond donors (Lipinski definition) is 2. The summed E-state index contributed by atoms with van der Waals surface area (Å²) in [5.74, 6) is 1.93. The number of nitrogens with one attached hydrogen (secondary N) is 1. The van der Waals surface area contributed by atoms with E-state index in [9.17, 15) is 4.55 Å². The van der Waals surface area contributed by atoms with Gasteiger partial charge in [-0.05, 0) is 50.3 Å². The van der Waals surface area contributed by atoms with Crippen LogP contribution in [0.5, 0.6) is 0 Å². The molecule has 1 aromatic carbocycles. The van der Waals surface area contributed by atoms with Crippen LogP contribution in [0.1, 0.15) is 49.4 Å². The van der Waals surface area contributed by atoms with E-state index in [4.69, 9.17) is 32.0 Å². The largest absolute Gasteiger partial charge is 0.597 e. The normalized spacial score (nSPS) is 24.5. The summed E-state index contributed by atoms with van der Waals surface area (Å²) in [6, 6.07) is 8.55. The van der Waals surface area contributed by atoms with Crippen LogP contribution in [0.15, 0.2) is 46.6 Å². The number of benzene rings is 1. The van der Waals surface area contributed by atoms with E-state index in [0.717, 1.165) is 62.0 Å². The highest BCUT2D eigenvalue weighted by Gasteiger charge is 2.56. The van der Waals surface area contributed by atoms with E-state index in [0.29, 0.717) is 29.1 Å². The lowest BCUT2D eigenvalue weighted by molar-refractivity contribution is 0.122. The molecule has 1 unspecified atom stereocenters. The Morgan fingerprint density at radius 3 is 2.66 bits per heavy atom. The van der Waals surface area contributed by atoms with Gasteiger partial charge in [-0.3, -0.25) is 0 Å². The maximum atomic E-state index is 13.2. The molecular formula is C29H34ClN7O2S2. The van der Waals surface area contributed by atoms with Crippen molar-refractivity contribution in [2.75, 3.05) is 54.9 Å². The van der Waals surface area contributed by atoms with Crippen molar-refractivity contribution in [2.24, 2.45) is 5.41 Å². The highest BCUT2D eigenvalue weighted by Crippen LogP contribution is 2.57. The van der Waals surface area contributed by atoms with Crippen LogP contribution in [0, 0.1) is 5.41 Å². The van der Waals surface area contributed by atoms with E-state index in [1.165, 1.54) is 28.5 Å². The Hall–Kier alpha value is -2.28. The first-order valence-corrected chi connectivity index (χ1v) is 16.4. The molecule has 9 nitrogen and oxygen atoms in total. The van der Waals surface area contributed by atoms with Crippen LogP contribution in [-0.4, -0.2) is 58.9 Å². The van der Waals surface area contributed by atoms with Crippen molar-refractivity contribution >= 4 is 52.2 Å². The number of nitrogen functional groups attached to an aromatic ring is 1. The lowest BCUT2D eigenvalue weighted by atomic mass is 9.72.